The SMILES string of the molecule is CCC[C@H](C(=O)Nc1ccc(F)c([N+](=O)[O-])c1)c1ccccc1. The Kier molecular flexibility index (Phi) is 5.41. The highest BCUT2D eigenvalue weighted by Gasteiger charge is 2.21. The highest BCUT2D eigenvalue weighted by molar-refractivity contribution is 5.96. The van der Waals surface area contributed by atoms with E-state index < -0.39 is 16.4 Å². The number of anilines is 1. The summed E-state index contributed by atoms with van der Waals surface area (Å²) in [6.07, 6.45) is 1.47. The van der Waals surface area contributed by atoms with Gasteiger partial charge in [-0.15, -0.1) is 0 Å². The van der Waals surface area contributed by atoms with Crippen LogP contribution >= 0.6 is 0 Å². The second-order valence-corrected chi connectivity index (χ2v) is 5.16. The van der Waals surface area contributed by atoms with Crippen LogP contribution in [0.3, 0.4) is 0 Å². The average molecular weight is 316 g/mol. The summed E-state index contributed by atoms with van der Waals surface area (Å²) in [5, 5.41) is 13.4. The van der Waals surface area contributed by atoms with Gasteiger partial charge in [0.2, 0.25) is 11.7 Å². The molecular formula is C17H17FN2O3. The highest BCUT2D eigenvalue weighted by Crippen LogP contribution is 2.26. The van der Waals surface area contributed by atoms with Crippen molar-refractivity contribution in [2.45, 2.75) is 25.7 Å². The molecule has 1 amide bonds. The van der Waals surface area contributed by atoms with Crippen LogP contribution in [0.25, 0.3) is 0 Å². The van der Waals surface area contributed by atoms with Crippen LogP contribution in [0.1, 0.15) is 31.2 Å². The molecule has 0 aliphatic heterocycles. The van der Waals surface area contributed by atoms with Crippen LogP contribution in [-0.4, -0.2) is 10.8 Å². The van der Waals surface area contributed by atoms with Gasteiger partial charge in [-0.05, 0) is 24.1 Å². The van der Waals surface area contributed by atoms with Crippen molar-refractivity contribution < 1.29 is 14.1 Å². The Balaban J connectivity index is 2.22. The molecule has 5 nitrogen and oxygen atoms in total. The van der Waals surface area contributed by atoms with E-state index in [1.54, 1.807) is 0 Å². The molecule has 2 aromatic rings. The van der Waals surface area contributed by atoms with Crippen LogP contribution in [0, 0.1) is 15.9 Å². The van der Waals surface area contributed by atoms with E-state index in [4.69, 9.17) is 0 Å². The second-order valence-electron chi connectivity index (χ2n) is 5.16. The topological polar surface area (TPSA) is 72.2 Å². The number of hydrogen-bond acceptors (Lipinski definition) is 3. The molecule has 0 spiro atoms. The third kappa shape index (κ3) is 4.12. The van der Waals surface area contributed by atoms with E-state index in [2.05, 4.69) is 5.32 Å². The normalized spacial score (nSPS) is 11.7. The van der Waals surface area contributed by atoms with Crippen LogP contribution in [-0.2, 0) is 4.79 Å². The van der Waals surface area contributed by atoms with Gasteiger partial charge in [-0.3, -0.25) is 14.9 Å². The predicted octanol–water partition coefficient (Wildman–Crippen LogP) is 4.26. The standard InChI is InChI=1S/C17H17FN2O3/c1-2-6-14(12-7-4-3-5-8-12)17(21)19-13-9-10-15(18)16(11-13)20(22)23/h3-5,7-11,14H,2,6H2,1H3,(H,19,21)/t14-/m0/s1. The van der Waals surface area contributed by atoms with Gasteiger partial charge in [0.1, 0.15) is 0 Å². The molecule has 1 N–H and O–H groups in total. The Labute approximate surface area is 133 Å². The lowest BCUT2D eigenvalue weighted by molar-refractivity contribution is -0.387. The van der Waals surface area contributed by atoms with Gasteiger partial charge in [0.25, 0.3) is 0 Å². The minimum absolute atomic E-state index is 0.208. The largest absolute Gasteiger partial charge is 0.325 e. The molecule has 0 heterocycles. The monoisotopic (exact) mass is 316 g/mol. The van der Waals surface area contributed by atoms with Crippen LogP contribution in [0.5, 0.6) is 0 Å². The Hall–Kier alpha value is -2.76. The third-order valence-corrected chi connectivity index (χ3v) is 3.51. The molecule has 6 heteroatoms. The molecule has 0 unspecified atom stereocenters. The predicted molar refractivity (Wildman–Crippen MR) is 85.8 cm³/mol. The fourth-order valence-corrected chi connectivity index (χ4v) is 2.38. The molecule has 120 valence electrons. The van der Waals surface area contributed by atoms with Crippen LogP contribution in [0.4, 0.5) is 15.8 Å². The lowest BCUT2D eigenvalue weighted by atomic mass is 9.93. The van der Waals surface area contributed by atoms with Crippen molar-refractivity contribution in [2.24, 2.45) is 0 Å². The van der Waals surface area contributed by atoms with Crippen LogP contribution in [0.2, 0.25) is 0 Å². The first-order valence-corrected chi connectivity index (χ1v) is 7.32. The average Bonchev–Trinajstić information content (AvgIpc) is 2.54. The van der Waals surface area contributed by atoms with Gasteiger partial charge in [-0.1, -0.05) is 43.7 Å². The zero-order chi connectivity index (χ0) is 16.8. The van der Waals surface area contributed by atoms with Crippen LogP contribution in [0.15, 0.2) is 48.5 Å². The quantitative estimate of drug-likeness (QED) is 0.639. The molecule has 0 aliphatic carbocycles. The number of hydrogen-bond donors (Lipinski definition) is 1. The molecule has 0 aromatic heterocycles. The number of carbonyl (C=O) groups excluding carboxylic acids is 1. The summed E-state index contributed by atoms with van der Waals surface area (Å²) in [6.45, 7) is 1.98. The fraction of sp³-hybridized carbons (Fsp3) is 0.235. The van der Waals surface area contributed by atoms with Gasteiger partial charge in [-0.2, -0.15) is 4.39 Å². The molecule has 0 saturated heterocycles. The Morgan fingerprint density at radius 3 is 2.57 bits per heavy atom. The van der Waals surface area contributed by atoms with Crippen molar-refractivity contribution in [3.63, 3.8) is 0 Å². The molecular weight excluding hydrogens is 299 g/mol. The summed E-state index contributed by atoms with van der Waals surface area (Å²) < 4.78 is 13.3. The fourth-order valence-electron chi connectivity index (χ4n) is 2.38. The van der Waals surface area contributed by atoms with E-state index in [0.717, 1.165) is 24.1 Å². The van der Waals surface area contributed by atoms with Gasteiger partial charge >= 0.3 is 5.69 Å². The number of halogens is 1. The summed E-state index contributed by atoms with van der Waals surface area (Å²) in [6, 6.07) is 12.6. The summed E-state index contributed by atoms with van der Waals surface area (Å²) >= 11 is 0. The molecule has 0 bridgehead atoms. The number of nitrogens with zero attached hydrogens (tertiary/aromatic N) is 1. The zero-order valence-electron chi connectivity index (χ0n) is 12.7. The smallest absolute Gasteiger partial charge is 0.306 e. The molecule has 2 aromatic carbocycles. The number of rotatable bonds is 6. The Morgan fingerprint density at radius 2 is 1.96 bits per heavy atom. The number of nitrogens with one attached hydrogen (secondary N) is 1. The van der Waals surface area contributed by atoms with Gasteiger partial charge in [-0.25, -0.2) is 0 Å². The number of benzene rings is 2. The van der Waals surface area contributed by atoms with Crippen molar-refractivity contribution in [3.05, 3.63) is 70.0 Å². The maximum Gasteiger partial charge on any atom is 0.306 e. The molecule has 0 radical (unpaired) electrons. The van der Waals surface area contributed by atoms with Gasteiger partial charge < -0.3 is 5.32 Å². The Morgan fingerprint density at radius 1 is 1.26 bits per heavy atom. The maximum atomic E-state index is 13.3. The molecule has 0 saturated carbocycles. The first kappa shape index (κ1) is 16.6. The van der Waals surface area contributed by atoms with Crippen molar-refractivity contribution in [1.82, 2.24) is 0 Å². The van der Waals surface area contributed by atoms with Crippen molar-refractivity contribution in [2.75, 3.05) is 5.32 Å². The summed E-state index contributed by atoms with van der Waals surface area (Å²) in [4.78, 5) is 22.5. The second kappa shape index (κ2) is 7.49. The first-order valence-electron chi connectivity index (χ1n) is 7.32. The minimum Gasteiger partial charge on any atom is -0.325 e. The van der Waals surface area contributed by atoms with Crippen molar-refractivity contribution >= 4 is 17.3 Å². The van der Waals surface area contributed by atoms with Crippen LogP contribution < -0.4 is 5.32 Å². The Bertz CT molecular complexity index is 704. The third-order valence-electron chi connectivity index (χ3n) is 3.51. The van der Waals surface area contributed by atoms with E-state index in [0.29, 0.717) is 6.42 Å². The van der Waals surface area contributed by atoms with E-state index in [1.165, 1.54) is 6.07 Å². The van der Waals surface area contributed by atoms with E-state index in [9.17, 15) is 19.3 Å². The number of nitro benzene ring substituents is 1. The highest BCUT2D eigenvalue weighted by atomic mass is 19.1. The molecule has 23 heavy (non-hydrogen) atoms. The lowest BCUT2D eigenvalue weighted by Crippen LogP contribution is -2.21. The number of amides is 1. The maximum absolute atomic E-state index is 13.3. The first-order chi connectivity index (χ1) is 11.0. The zero-order valence-corrected chi connectivity index (χ0v) is 12.7. The number of nitro groups is 1. The molecule has 2 rings (SSSR count). The molecule has 0 aliphatic rings. The lowest BCUT2D eigenvalue weighted by Gasteiger charge is -2.16. The van der Waals surface area contributed by atoms with Gasteiger partial charge in [0.15, 0.2) is 0 Å². The van der Waals surface area contributed by atoms with Gasteiger partial charge in [0.05, 0.1) is 10.8 Å². The summed E-state index contributed by atoms with van der Waals surface area (Å²) in [5.41, 5.74) is 0.429. The summed E-state index contributed by atoms with van der Waals surface area (Å²) in [5.74, 6) is -1.55. The van der Waals surface area contributed by atoms with Gasteiger partial charge in [0, 0.05) is 11.8 Å². The minimum atomic E-state index is -0.929. The summed E-state index contributed by atoms with van der Waals surface area (Å²) in [7, 11) is 0. The van der Waals surface area contributed by atoms with Crippen molar-refractivity contribution in [1.29, 1.82) is 0 Å². The van der Waals surface area contributed by atoms with E-state index in [1.807, 2.05) is 37.3 Å². The van der Waals surface area contributed by atoms with E-state index >= 15 is 0 Å². The van der Waals surface area contributed by atoms with E-state index in [-0.39, 0.29) is 17.5 Å². The number of carbonyl (C=O) groups is 1. The molecule has 0 fully saturated rings. The van der Waals surface area contributed by atoms with Crippen molar-refractivity contribution in [3.8, 4) is 0 Å². The molecule has 1 atom stereocenters.